The molecular weight excluding hydrogens is 222 g/mol. The van der Waals surface area contributed by atoms with Crippen LogP contribution >= 0.6 is 0 Å². The van der Waals surface area contributed by atoms with E-state index in [0.717, 1.165) is 0 Å². The third-order valence-corrected chi connectivity index (χ3v) is 3.11. The molecule has 1 aromatic heterocycles. The standard InChI is InChI=1S/C16H19NO/c1-16(2,3)15(13-5-4-10-17-11-13)12-6-8-14(18)9-7-12/h4-11,15,18H,1-3H3. The molecule has 0 saturated carbocycles. The summed E-state index contributed by atoms with van der Waals surface area (Å²) in [7, 11) is 0. The van der Waals surface area contributed by atoms with E-state index in [9.17, 15) is 5.11 Å². The first-order valence-electron chi connectivity index (χ1n) is 6.17. The topological polar surface area (TPSA) is 33.1 Å². The van der Waals surface area contributed by atoms with Crippen LogP contribution in [0.3, 0.4) is 0 Å². The zero-order chi connectivity index (χ0) is 13.2. The molecule has 0 radical (unpaired) electrons. The first-order valence-corrected chi connectivity index (χ1v) is 6.17. The molecule has 1 heterocycles. The molecule has 0 spiro atoms. The molecule has 0 saturated heterocycles. The number of hydrogen-bond donors (Lipinski definition) is 1. The molecule has 1 N–H and O–H groups in total. The smallest absolute Gasteiger partial charge is 0.115 e. The summed E-state index contributed by atoms with van der Waals surface area (Å²) in [4.78, 5) is 4.21. The lowest BCUT2D eigenvalue weighted by atomic mass is 9.73. The quantitative estimate of drug-likeness (QED) is 0.863. The van der Waals surface area contributed by atoms with Crippen LogP contribution in [0, 0.1) is 5.41 Å². The summed E-state index contributed by atoms with van der Waals surface area (Å²) in [5.41, 5.74) is 2.50. The van der Waals surface area contributed by atoms with Crippen molar-refractivity contribution >= 4 is 0 Å². The molecule has 1 aromatic carbocycles. The number of aromatic hydroxyl groups is 1. The molecule has 0 bridgehead atoms. The summed E-state index contributed by atoms with van der Waals surface area (Å²) in [6.07, 6.45) is 3.71. The average molecular weight is 241 g/mol. The normalized spacial score (nSPS) is 13.3. The van der Waals surface area contributed by atoms with Crippen LogP contribution < -0.4 is 0 Å². The number of rotatable bonds is 2. The lowest BCUT2D eigenvalue weighted by molar-refractivity contribution is 0.357. The highest BCUT2D eigenvalue weighted by molar-refractivity contribution is 5.36. The lowest BCUT2D eigenvalue weighted by Gasteiger charge is -2.31. The van der Waals surface area contributed by atoms with E-state index in [-0.39, 0.29) is 11.3 Å². The fourth-order valence-corrected chi connectivity index (χ4v) is 2.41. The van der Waals surface area contributed by atoms with E-state index in [1.54, 1.807) is 18.3 Å². The molecule has 0 amide bonds. The highest BCUT2D eigenvalue weighted by Crippen LogP contribution is 2.40. The second-order valence-corrected chi connectivity index (χ2v) is 5.68. The summed E-state index contributed by atoms with van der Waals surface area (Å²) in [6, 6.07) is 11.5. The van der Waals surface area contributed by atoms with E-state index >= 15 is 0 Å². The zero-order valence-electron chi connectivity index (χ0n) is 11.1. The van der Waals surface area contributed by atoms with Crippen LogP contribution in [-0.4, -0.2) is 10.1 Å². The molecule has 0 fully saturated rings. The van der Waals surface area contributed by atoms with Crippen molar-refractivity contribution < 1.29 is 5.11 Å². The van der Waals surface area contributed by atoms with Crippen LogP contribution in [0.25, 0.3) is 0 Å². The van der Waals surface area contributed by atoms with Crippen molar-refractivity contribution in [1.82, 2.24) is 4.98 Å². The molecular formula is C16H19NO. The Balaban J connectivity index is 2.47. The monoisotopic (exact) mass is 241 g/mol. The Morgan fingerprint density at radius 1 is 1.00 bits per heavy atom. The van der Waals surface area contributed by atoms with E-state index in [4.69, 9.17) is 0 Å². The van der Waals surface area contributed by atoms with Crippen molar-refractivity contribution in [2.24, 2.45) is 5.41 Å². The van der Waals surface area contributed by atoms with Gasteiger partial charge in [-0.05, 0) is 34.7 Å². The maximum absolute atomic E-state index is 9.40. The highest BCUT2D eigenvalue weighted by Gasteiger charge is 2.27. The fourth-order valence-electron chi connectivity index (χ4n) is 2.41. The van der Waals surface area contributed by atoms with Gasteiger partial charge in [-0.15, -0.1) is 0 Å². The lowest BCUT2D eigenvalue weighted by Crippen LogP contribution is -2.19. The van der Waals surface area contributed by atoms with E-state index in [2.05, 4.69) is 31.8 Å². The van der Waals surface area contributed by atoms with Crippen LogP contribution in [-0.2, 0) is 0 Å². The van der Waals surface area contributed by atoms with E-state index < -0.39 is 0 Å². The third-order valence-electron chi connectivity index (χ3n) is 3.11. The number of phenolic OH excluding ortho intramolecular Hbond substituents is 1. The van der Waals surface area contributed by atoms with Gasteiger partial charge in [-0.25, -0.2) is 0 Å². The van der Waals surface area contributed by atoms with Gasteiger partial charge >= 0.3 is 0 Å². The molecule has 2 nitrogen and oxygen atoms in total. The molecule has 1 atom stereocenters. The van der Waals surface area contributed by atoms with Gasteiger partial charge in [0.1, 0.15) is 5.75 Å². The maximum atomic E-state index is 9.40. The summed E-state index contributed by atoms with van der Waals surface area (Å²) in [6.45, 7) is 6.66. The second kappa shape index (κ2) is 4.81. The Kier molecular flexibility index (Phi) is 3.37. The molecule has 2 aromatic rings. The van der Waals surface area contributed by atoms with Crippen molar-refractivity contribution in [3.8, 4) is 5.75 Å². The van der Waals surface area contributed by atoms with Crippen molar-refractivity contribution in [2.75, 3.05) is 0 Å². The Morgan fingerprint density at radius 2 is 1.67 bits per heavy atom. The molecule has 0 aliphatic carbocycles. The number of aromatic nitrogens is 1. The van der Waals surface area contributed by atoms with Gasteiger partial charge in [-0.3, -0.25) is 4.98 Å². The molecule has 94 valence electrons. The van der Waals surface area contributed by atoms with E-state index in [0.29, 0.717) is 5.75 Å². The summed E-state index contributed by atoms with van der Waals surface area (Å²) in [5.74, 6) is 0.574. The largest absolute Gasteiger partial charge is 0.508 e. The Hall–Kier alpha value is -1.83. The Labute approximate surface area is 108 Å². The molecule has 0 aliphatic rings. The number of phenols is 1. The number of nitrogens with zero attached hydrogens (tertiary/aromatic N) is 1. The van der Waals surface area contributed by atoms with Crippen molar-refractivity contribution in [2.45, 2.75) is 26.7 Å². The molecule has 1 unspecified atom stereocenters. The first-order chi connectivity index (χ1) is 8.48. The highest BCUT2D eigenvalue weighted by atomic mass is 16.3. The van der Waals surface area contributed by atoms with Crippen molar-refractivity contribution in [1.29, 1.82) is 0 Å². The molecule has 2 heteroatoms. The maximum Gasteiger partial charge on any atom is 0.115 e. The van der Waals surface area contributed by atoms with Gasteiger partial charge in [0.05, 0.1) is 0 Å². The van der Waals surface area contributed by atoms with Gasteiger partial charge in [-0.2, -0.15) is 0 Å². The van der Waals surface area contributed by atoms with Crippen LogP contribution in [0.15, 0.2) is 48.8 Å². The van der Waals surface area contributed by atoms with Gasteiger partial charge in [0.25, 0.3) is 0 Å². The minimum absolute atomic E-state index is 0.0972. The number of benzene rings is 1. The van der Waals surface area contributed by atoms with Gasteiger partial charge in [-0.1, -0.05) is 39.0 Å². The molecule has 2 rings (SSSR count). The summed E-state index contributed by atoms with van der Waals surface area (Å²) >= 11 is 0. The Bertz CT molecular complexity index is 497. The predicted molar refractivity (Wildman–Crippen MR) is 73.6 cm³/mol. The van der Waals surface area contributed by atoms with E-state index in [1.165, 1.54) is 11.1 Å². The number of pyridine rings is 1. The summed E-state index contributed by atoms with van der Waals surface area (Å²) in [5, 5.41) is 9.40. The van der Waals surface area contributed by atoms with E-state index in [1.807, 2.05) is 24.4 Å². The summed E-state index contributed by atoms with van der Waals surface area (Å²) < 4.78 is 0. The van der Waals surface area contributed by atoms with Crippen LogP contribution in [0.1, 0.15) is 37.8 Å². The van der Waals surface area contributed by atoms with Crippen LogP contribution in [0.5, 0.6) is 5.75 Å². The molecule has 0 aliphatic heterocycles. The first kappa shape index (κ1) is 12.6. The predicted octanol–water partition coefficient (Wildman–Crippen LogP) is 3.97. The molecule has 18 heavy (non-hydrogen) atoms. The van der Waals surface area contributed by atoms with Crippen molar-refractivity contribution in [3.05, 3.63) is 59.9 Å². The van der Waals surface area contributed by atoms with Crippen LogP contribution in [0.2, 0.25) is 0 Å². The minimum atomic E-state index is 0.0972. The minimum Gasteiger partial charge on any atom is -0.508 e. The van der Waals surface area contributed by atoms with Gasteiger partial charge in [0.2, 0.25) is 0 Å². The third kappa shape index (κ3) is 2.70. The fraction of sp³-hybridized carbons (Fsp3) is 0.312. The Morgan fingerprint density at radius 3 is 2.17 bits per heavy atom. The average Bonchev–Trinajstić information content (AvgIpc) is 2.32. The van der Waals surface area contributed by atoms with Gasteiger partial charge in [0, 0.05) is 18.3 Å². The SMILES string of the molecule is CC(C)(C)C(c1ccc(O)cc1)c1cccnc1. The second-order valence-electron chi connectivity index (χ2n) is 5.68. The van der Waals surface area contributed by atoms with Crippen LogP contribution in [0.4, 0.5) is 0 Å². The van der Waals surface area contributed by atoms with Gasteiger partial charge in [0.15, 0.2) is 0 Å². The van der Waals surface area contributed by atoms with Crippen molar-refractivity contribution in [3.63, 3.8) is 0 Å². The number of hydrogen-bond acceptors (Lipinski definition) is 2. The zero-order valence-corrected chi connectivity index (χ0v) is 11.1. The van der Waals surface area contributed by atoms with Gasteiger partial charge < -0.3 is 5.11 Å².